The predicted molar refractivity (Wildman–Crippen MR) is 119 cm³/mol. The van der Waals surface area contributed by atoms with Crippen molar-refractivity contribution < 1.29 is 0 Å². The molecule has 1 aliphatic carbocycles. The molecule has 4 aromatic rings. The zero-order valence-electron chi connectivity index (χ0n) is 16.8. The van der Waals surface area contributed by atoms with E-state index >= 15 is 0 Å². The van der Waals surface area contributed by atoms with Crippen molar-refractivity contribution in [3.8, 4) is 11.4 Å². The van der Waals surface area contributed by atoms with Crippen molar-refractivity contribution in [2.75, 3.05) is 5.73 Å². The molecule has 4 nitrogen and oxygen atoms in total. The highest BCUT2D eigenvalue weighted by molar-refractivity contribution is 5.93. The van der Waals surface area contributed by atoms with Crippen molar-refractivity contribution in [1.82, 2.24) is 14.5 Å². The monoisotopic (exact) mass is 382 g/mol. The number of aromatic nitrogens is 3. The third kappa shape index (κ3) is 3.19. The predicted octanol–water partition coefficient (Wildman–Crippen LogP) is 5.36. The minimum absolute atomic E-state index is 0.305. The van der Waals surface area contributed by atoms with Crippen molar-refractivity contribution in [1.29, 1.82) is 0 Å². The van der Waals surface area contributed by atoms with Gasteiger partial charge < -0.3 is 10.3 Å². The lowest BCUT2D eigenvalue weighted by Gasteiger charge is -2.21. The van der Waals surface area contributed by atoms with Crippen LogP contribution in [0, 0.1) is 0 Å². The summed E-state index contributed by atoms with van der Waals surface area (Å²) in [7, 11) is 0. The first-order chi connectivity index (χ1) is 14.2. The number of nitrogen functional groups attached to an aromatic ring is 1. The molecule has 2 aromatic carbocycles. The number of benzene rings is 2. The zero-order chi connectivity index (χ0) is 19.8. The molecule has 4 heteroatoms. The summed E-state index contributed by atoms with van der Waals surface area (Å²) < 4.78 is 2.45. The van der Waals surface area contributed by atoms with E-state index in [9.17, 15) is 0 Å². The first-order valence-corrected chi connectivity index (χ1v) is 10.5. The van der Waals surface area contributed by atoms with Gasteiger partial charge in [0.05, 0.1) is 5.39 Å². The molecule has 2 aromatic heterocycles. The van der Waals surface area contributed by atoms with Crippen molar-refractivity contribution >= 4 is 16.9 Å². The highest BCUT2D eigenvalue weighted by Gasteiger charge is 2.26. The Kier molecular flexibility index (Phi) is 4.55. The molecule has 2 heterocycles. The number of anilines is 1. The van der Waals surface area contributed by atoms with Crippen LogP contribution in [0.2, 0.25) is 0 Å². The normalized spacial score (nSPS) is 14.7. The maximum absolute atomic E-state index is 6.52. The highest BCUT2D eigenvalue weighted by atomic mass is 15.1. The van der Waals surface area contributed by atoms with Gasteiger partial charge in [0.1, 0.15) is 11.5 Å². The summed E-state index contributed by atoms with van der Waals surface area (Å²) in [5.74, 6) is 1.32. The molecule has 0 fully saturated rings. The first kappa shape index (κ1) is 17.9. The topological polar surface area (TPSA) is 56.7 Å². The lowest BCUT2D eigenvalue weighted by atomic mass is 9.95. The number of rotatable bonds is 4. The van der Waals surface area contributed by atoms with Crippen LogP contribution in [0.5, 0.6) is 0 Å². The van der Waals surface area contributed by atoms with Crippen molar-refractivity contribution in [2.45, 2.75) is 45.1 Å². The van der Waals surface area contributed by atoms with E-state index in [1.165, 1.54) is 29.7 Å². The van der Waals surface area contributed by atoms with Crippen LogP contribution in [0.3, 0.4) is 0 Å². The lowest BCUT2D eigenvalue weighted by molar-refractivity contribution is 0.519. The summed E-state index contributed by atoms with van der Waals surface area (Å²) in [5.41, 5.74) is 12.6. The van der Waals surface area contributed by atoms with Gasteiger partial charge in [0.2, 0.25) is 0 Å². The van der Waals surface area contributed by atoms with Gasteiger partial charge in [0.25, 0.3) is 0 Å². The Labute approximate surface area is 171 Å². The SMILES string of the molecule is C[C@H](Cc1ccccc1)n1c2c(c3c(N)nc(-c4ccccc4)nc31)CCCC2. The van der Waals surface area contributed by atoms with Gasteiger partial charge in [-0.25, -0.2) is 9.97 Å². The van der Waals surface area contributed by atoms with Crippen LogP contribution in [0.4, 0.5) is 5.82 Å². The molecular formula is C25H26N4. The Morgan fingerprint density at radius 3 is 2.38 bits per heavy atom. The van der Waals surface area contributed by atoms with Gasteiger partial charge in [-0.05, 0) is 50.2 Å². The second kappa shape index (κ2) is 7.36. The summed E-state index contributed by atoms with van der Waals surface area (Å²) in [4.78, 5) is 9.74. The number of hydrogen-bond acceptors (Lipinski definition) is 3. The van der Waals surface area contributed by atoms with E-state index in [-0.39, 0.29) is 0 Å². The van der Waals surface area contributed by atoms with Crippen LogP contribution >= 0.6 is 0 Å². The fourth-order valence-corrected chi connectivity index (χ4v) is 4.72. The second-order valence-corrected chi connectivity index (χ2v) is 8.04. The van der Waals surface area contributed by atoms with Crippen LogP contribution in [0.1, 0.15) is 42.6 Å². The maximum Gasteiger partial charge on any atom is 0.163 e. The molecule has 0 amide bonds. The Bertz CT molecular complexity index is 1150. The zero-order valence-corrected chi connectivity index (χ0v) is 16.8. The quantitative estimate of drug-likeness (QED) is 0.517. The molecule has 0 saturated heterocycles. The molecule has 0 bridgehead atoms. The largest absolute Gasteiger partial charge is 0.383 e. The van der Waals surface area contributed by atoms with Gasteiger partial charge in [-0.2, -0.15) is 0 Å². The molecule has 0 spiro atoms. The van der Waals surface area contributed by atoms with Crippen LogP contribution in [0.25, 0.3) is 22.4 Å². The number of nitrogens with two attached hydrogens (primary N) is 1. The Morgan fingerprint density at radius 2 is 1.62 bits per heavy atom. The summed E-state index contributed by atoms with van der Waals surface area (Å²) in [6, 6.07) is 21.1. The van der Waals surface area contributed by atoms with E-state index in [1.54, 1.807) is 0 Å². The van der Waals surface area contributed by atoms with Gasteiger partial charge in [-0.3, -0.25) is 0 Å². The van der Waals surface area contributed by atoms with E-state index in [0.717, 1.165) is 35.9 Å². The minimum atomic E-state index is 0.305. The van der Waals surface area contributed by atoms with E-state index in [2.05, 4.69) is 46.8 Å². The molecule has 5 rings (SSSR count). The number of hydrogen-bond donors (Lipinski definition) is 1. The summed E-state index contributed by atoms with van der Waals surface area (Å²) in [6.45, 7) is 2.29. The molecule has 1 aliphatic rings. The Morgan fingerprint density at radius 1 is 0.931 bits per heavy atom. The van der Waals surface area contributed by atoms with Gasteiger partial charge in [0, 0.05) is 17.3 Å². The molecular weight excluding hydrogens is 356 g/mol. The average molecular weight is 383 g/mol. The maximum atomic E-state index is 6.52. The van der Waals surface area contributed by atoms with Crippen molar-refractivity contribution in [3.05, 3.63) is 77.5 Å². The fraction of sp³-hybridized carbons (Fsp3) is 0.280. The molecule has 1 atom stereocenters. The summed E-state index contributed by atoms with van der Waals surface area (Å²) in [5, 5.41) is 1.07. The molecule has 0 unspecified atom stereocenters. The van der Waals surface area contributed by atoms with Gasteiger partial charge >= 0.3 is 0 Å². The fourth-order valence-electron chi connectivity index (χ4n) is 4.72. The minimum Gasteiger partial charge on any atom is -0.383 e. The first-order valence-electron chi connectivity index (χ1n) is 10.5. The number of fused-ring (bicyclic) bond motifs is 3. The van der Waals surface area contributed by atoms with Crippen molar-refractivity contribution in [2.24, 2.45) is 0 Å². The molecule has 0 aliphatic heterocycles. The number of aryl methyl sites for hydroxylation is 1. The second-order valence-electron chi connectivity index (χ2n) is 8.04. The molecule has 0 radical (unpaired) electrons. The number of nitrogens with zero attached hydrogens (tertiary/aromatic N) is 3. The third-order valence-electron chi connectivity index (χ3n) is 6.02. The van der Waals surface area contributed by atoms with Crippen LogP contribution < -0.4 is 5.73 Å². The standard InChI is InChI=1S/C25H26N4/c1-17(16-18-10-4-2-5-11-18)29-21-15-9-8-14-20(21)22-23(26)27-24(28-25(22)29)19-12-6-3-7-13-19/h2-7,10-13,17H,8-9,14-16H2,1H3,(H2,26,27,28)/t17-/m1/s1. The lowest BCUT2D eigenvalue weighted by Crippen LogP contribution is -2.14. The smallest absolute Gasteiger partial charge is 0.163 e. The highest BCUT2D eigenvalue weighted by Crippen LogP contribution is 2.37. The van der Waals surface area contributed by atoms with Crippen LogP contribution in [0.15, 0.2) is 60.7 Å². The molecule has 146 valence electrons. The molecule has 0 saturated carbocycles. The Balaban J connectivity index is 1.70. The Hall–Kier alpha value is -3.14. The van der Waals surface area contributed by atoms with E-state index in [1.807, 2.05) is 30.3 Å². The van der Waals surface area contributed by atoms with Gasteiger partial charge in [0.15, 0.2) is 5.82 Å². The van der Waals surface area contributed by atoms with Crippen molar-refractivity contribution in [3.63, 3.8) is 0 Å². The van der Waals surface area contributed by atoms with E-state index < -0.39 is 0 Å². The van der Waals surface area contributed by atoms with Gasteiger partial charge in [-0.1, -0.05) is 60.7 Å². The van der Waals surface area contributed by atoms with Crippen LogP contribution in [-0.4, -0.2) is 14.5 Å². The average Bonchev–Trinajstić information content (AvgIpc) is 3.10. The molecule has 2 N–H and O–H groups in total. The van der Waals surface area contributed by atoms with E-state index in [4.69, 9.17) is 10.7 Å². The van der Waals surface area contributed by atoms with Gasteiger partial charge in [-0.15, -0.1) is 0 Å². The van der Waals surface area contributed by atoms with Crippen LogP contribution in [-0.2, 0) is 19.3 Å². The third-order valence-corrected chi connectivity index (χ3v) is 6.02. The summed E-state index contributed by atoms with van der Waals surface area (Å²) in [6.07, 6.45) is 5.56. The molecule has 29 heavy (non-hydrogen) atoms. The summed E-state index contributed by atoms with van der Waals surface area (Å²) >= 11 is 0. The van der Waals surface area contributed by atoms with E-state index in [0.29, 0.717) is 17.7 Å².